The van der Waals surface area contributed by atoms with Gasteiger partial charge in [-0.1, -0.05) is 23.8 Å². The van der Waals surface area contributed by atoms with Crippen molar-refractivity contribution in [1.82, 2.24) is 15.3 Å². The lowest BCUT2D eigenvalue weighted by Crippen LogP contribution is -2.25. The van der Waals surface area contributed by atoms with Gasteiger partial charge in [0.2, 0.25) is 0 Å². The minimum absolute atomic E-state index is 0.208. The highest BCUT2D eigenvalue weighted by atomic mass is 16.3. The number of nitrogens with zero attached hydrogens (tertiary/aromatic N) is 1. The van der Waals surface area contributed by atoms with Crippen LogP contribution < -0.4 is 5.32 Å². The first kappa shape index (κ1) is 14.5. The number of imidazole rings is 1. The molecule has 0 aliphatic carbocycles. The zero-order valence-electron chi connectivity index (χ0n) is 13.3. The Hall–Kier alpha value is -3.08. The van der Waals surface area contributed by atoms with Crippen molar-refractivity contribution in [1.29, 1.82) is 0 Å². The number of aryl methyl sites for hydroxylation is 1. The number of hydrogen-bond acceptors (Lipinski definition) is 3. The quantitative estimate of drug-likeness (QED) is 0.604. The zero-order valence-corrected chi connectivity index (χ0v) is 13.3. The van der Waals surface area contributed by atoms with Crippen LogP contribution in [0.3, 0.4) is 0 Å². The van der Waals surface area contributed by atoms with Crippen LogP contribution in [0.2, 0.25) is 0 Å². The topological polar surface area (TPSA) is 70.9 Å². The Morgan fingerprint density at radius 1 is 1.21 bits per heavy atom. The monoisotopic (exact) mass is 319 g/mol. The Labute approximate surface area is 138 Å². The van der Waals surface area contributed by atoms with Crippen molar-refractivity contribution >= 4 is 27.9 Å². The lowest BCUT2D eigenvalue weighted by molar-refractivity contribution is 0.0928. The van der Waals surface area contributed by atoms with E-state index in [9.17, 15) is 4.79 Å². The smallest absolute Gasteiger partial charge is 0.287 e. The van der Waals surface area contributed by atoms with E-state index in [-0.39, 0.29) is 5.91 Å². The van der Waals surface area contributed by atoms with Gasteiger partial charge in [-0.05, 0) is 37.3 Å². The summed E-state index contributed by atoms with van der Waals surface area (Å²) in [5, 5.41) is 3.82. The number of carbonyl (C=O) groups is 1. The van der Waals surface area contributed by atoms with Gasteiger partial charge in [0.15, 0.2) is 5.76 Å². The van der Waals surface area contributed by atoms with Gasteiger partial charge < -0.3 is 14.7 Å². The molecule has 0 bridgehead atoms. The highest BCUT2D eigenvalue weighted by molar-refractivity contribution is 5.96. The Morgan fingerprint density at radius 2 is 2.08 bits per heavy atom. The number of carbonyl (C=O) groups excluding carboxylic acids is 1. The average molecular weight is 319 g/mol. The van der Waals surface area contributed by atoms with E-state index in [2.05, 4.69) is 15.3 Å². The second-order valence-electron chi connectivity index (χ2n) is 5.86. The maximum Gasteiger partial charge on any atom is 0.287 e. The van der Waals surface area contributed by atoms with Crippen LogP contribution in [-0.4, -0.2) is 22.4 Å². The van der Waals surface area contributed by atoms with Crippen LogP contribution >= 0.6 is 0 Å². The van der Waals surface area contributed by atoms with Crippen molar-refractivity contribution in [3.8, 4) is 0 Å². The van der Waals surface area contributed by atoms with Crippen LogP contribution in [0.1, 0.15) is 21.9 Å². The summed E-state index contributed by atoms with van der Waals surface area (Å²) in [6, 6.07) is 15.5. The third kappa shape index (κ3) is 2.76. The van der Waals surface area contributed by atoms with Crippen molar-refractivity contribution in [2.45, 2.75) is 13.3 Å². The molecular weight excluding hydrogens is 302 g/mol. The van der Waals surface area contributed by atoms with Gasteiger partial charge in [-0.2, -0.15) is 0 Å². The third-order valence-electron chi connectivity index (χ3n) is 3.98. The summed E-state index contributed by atoms with van der Waals surface area (Å²) in [4.78, 5) is 20.0. The summed E-state index contributed by atoms with van der Waals surface area (Å²) in [6.07, 6.45) is 0.639. The van der Waals surface area contributed by atoms with Gasteiger partial charge in [0.05, 0.1) is 11.0 Å². The third-order valence-corrected chi connectivity index (χ3v) is 3.98. The number of aromatic amines is 1. The van der Waals surface area contributed by atoms with Crippen molar-refractivity contribution < 1.29 is 9.21 Å². The van der Waals surface area contributed by atoms with Crippen molar-refractivity contribution in [3.05, 3.63) is 65.7 Å². The first-order valence-electron chi connectivity index (χ1n) is 7.91. The summed E-state index contributed by atoms with van der Waals surface area (Å²) in [5.74, 6) is 0.983. The predicted octanol–water partition coefficient (Wildman–Crippen LogP) is 3.59. The number of para-hydroxylation sites is 2. The molecule has 4 rings (SSSR count). The second kappa shape index (κ2) is 5.85. The molecule has 2 aromatic carbocycles. The average Bonchev–Trinajstić information content (AvgIpc) is 3.17. The van der Waals surface area contributed by atoms with Crippen molar-refractivity contribution in [2.75, 3.05) is 6.54 Å². The number of furan rings is 1. The van der Waals surface area contributed by atoms with Crippen LogP contribution in [0.4, 0.5) is 0 Å². The van der Waals surface area contributed by atoms with E-state index >= 15 is 0 Å². The maximum atomic E-state index is 12.2. The fraction of sp³-hybridized carbons (Fsp3) is 0.158. The van der Waals surface area contributed by atoms with Gasteiger partial charge in [-0.25, -0.2) is 4.98 Å². The second-order valence-corrected chi connectivity index (χ2v) is 5.86. The summed E-state index contributed by atoms with van der Waals surface area (Å²) in [6.45, 7) is 2.51. The Bertz CT molecular complexity index is 996. The van der Waals surface area contributed by atoms with Crippen LogP contribution in [-0.2, 0) is 6.42 Å². The van der Waals surface area contributed by atoms with Crippen LogP contribution in [0.15, 0.2) is 52.9 Å². The van der Waals surface area contributed by atoms with Gasteiger partial charge in [0, 0.05) is 18.4 Å². The molecular formula is C19H17N3O2. The van der Waals surface area contributed by atoms with E-state index in [0.29, 0.717) is 18.7 Å². The van der Waals surface area contributed by atoms with E-state index < -0.39 is 0 Å². The molecule has 0 spiro atoms. The molecule has 0 unspecified atom stereocenters. The fourth-order valence-electron chi connectivity index (χ4n) is 2.78. The molecule has 0 radical (unpaired) electrons. The molecule has 0 saturated heterocycles. The zero-order chi connectivity index (χ0) is 16.5. The summed E-state index contributed by atoms with van der Waals surface area (Å²) < 4.78 is 5.60. The first-order chi connectivity index (χ1) is 11.7. The molecule has 120 valence electrons. The number of benzene rings is 2. The molecule has 0 atom stereocenters. The number of hydrogen-bond donors (Lipinski definition) is 2. The normalized spacial score (nSPS) is 11.2. The molecule has 4 aromatic rings. The Morgan fingerprint density at radius 3 is 2.96 bits per heavy atom. The van der Waals surface area contributed by atoms with Crippen molar-refractivity contribution in [3.63, 3.8) is 0 Å². The molecule has 0 aliphatic heterocycles. The Kier molecular flexibility index (Phi) is 3.54. The fourth-order valence-corrected chi connectivity index (χ4v) is 2.78. The molecule has 0 saturated carbocycles. The molecule has 5 heteroatoms. The summed E-state index contributed by atoms with van der Waals surface area (Å²) in [5.41, 5.74) is 3.81. The van der Waals surface area contributed by atoms with E-state index in [0.717, 1.165) is 33.4 Å². The van der Waals surface area contributed by atoms with Crippen LogP contribution in [0.5, 0.6) is 0 Å². The highest BCUT2D eigenvalue weighted by Gasteiger charge is 2.12. The number of amides is 1. The van der Waals surface area contributed by atoms with E-state index in [1.54, 1.807) is 6.07 Å². The first-order valence-corrected chi connectivity index (χ1v) is 7.91. The van der Waals surface area contributed by atoms with Crippen molar-refractivity contribution in [2.24, 2.45) is 0 Å². The van der Waals surface area contributed by atoms with E-state index in [4.69, 9.17) is 4.42 Å². The van der Waals surface area contributed by atoms with Crippen LogP contribution in [0.25, 0.3) is 22.0 Å². The van der Waals surface area contributed by atoms with Gasteiger partial charge in [0.1, 0.15) is 11.4 Å². The van der Waals surface area contributed by atoms with Gasteiger partial charge in [-0.3, -0.25) is 4.79 Å². The van der Waals surface area contributed by atoms with Crippen LogP contribution in [0, 0.1) is 6.92 Å². The number of nitrogens with one attached hydrogen (secondary N) is 2. The van der Waals surface area contributed by atoms with Gasteiger partial charge in [-0.15, -0.1) is 0 Å². The molecule has 2 aromatic heterocycles. The SMILES string of the molecule is Cc1ccc2oc(C(=O)NCCc3nc4ccccc4[nH]3)cc2c1. The molecule has 2 heterocycles. The lowest BCUT2D eigenvalue weighted by Gasteiger charge is -2.00. The van der Waals surface area contributed by atoms with Gasteiger partial charge >= 0.3 is 0 Å². The number of rotatable bonds is 4. The van der Waals surface area contributed by atoms with E-state index in [1.807, 2.05) is 49.4 Å². The number of fused-ring (bicyclic) bond motifs is 2. The summed E-state index contributed by atoms with van der Waals surface area (Å²) >= 11 is 0. The summed E-state index contributed by atoms with van der Waals surface area (Å²) in [7, 11) is 0. The predicted molar refractivity (Wildman–Crippen MR) is 93.1 cm³/mol. The number of H-pyrrole nitrogens is 1. The minimum atomic E-state index is -0.208. The molecule has 0 aliphatic rings. The minimum Gasteiger partial charge on any atom is -0.451 e. The lowest BCUT2D eigenvalue weighted by atomic mass is 10.2. The maximum absolute atomic E-state index is 12.2. The molecule has 0 fully saturated rings. The molecule has 24 heavy (non-hydrogen) atoms. The largest absolute Gasteiger partial charge is 0.451 e. The van der Waals surface area contributed by atoms with E-state index in [1.165, 1.54) is 0 Å². The highest BCUT2D eigenvalue weighted by Crippen LogP contribution is 2.20. The van der Waals surface area contributed by atoms with Gasteiger partial charge in [0.25, 0.3) is 5.91 Å². The number of aromatic nitrogens is 2. The molecule has 1 amide bonds. The molecule has 5 nitrogen and oxygen atoms in total. The Balaban J connectivity index is 1.41. The molecule has 2 N–H and O–H groups in total. The standard InChI is InChI=1S/C19H17N3O2/c1-12-6-7-16-13(10-12)11-17(24-16)19(23)20-9-8-18-21-14-4-2-3-5-15(14)22-18/h2-7,10-11H,8-9H2,1H3,(H,20,23)(H,21,22).